The minimum Gasteiger partial charge on any atom is -0.295 e. The number of alkyl halides is 1. The summed E-state index contributed by atoms with van der Waals surface area (Å²) in [5, 5.41) is 0.682. The van der Waals surface area contributed by atoms with Gasteiger partial charge in [-0.05, 0) is 26.0 Å². The SMILES string of the molecule is CCn1c(C(C)Br)nc2ccccc2c1=O. The number of aromatic nitrogens is 2. The van der Waals surface area contributed by atoms with E-state index < -0.39 is 0 Å². The van der Waals surface area contributed by atoms with Crippen molar-refractivity contribution in [3.63, 3.8) is 0 Å². The molecule has 1 aromatic carbocycles. The molecule has 3 nitrogen and oxygen atoms in total. The summed E-state index contributed by atoms with van der Waals surface area (Å²) in [5.41, 5.74) is 0.799. The summed E-state index contributed by atoms with van der Waals surface area (Å²) in [6.07, 6.45) is 0. The van der Waals surface area contributed by atoms with Crippen LogP contribution in [0.3, 0.4) is 0 Å². The molecule has 4 heteroatoms. The smallest absolute Gasteiger partial charge is 0.261 e. The van der Waals surface area contributed by atoms with Crippen molar-refractivity contribution in [2.75, 3.05) is 0 Å². The number of benzene rings is 1. The van der Waals surface area contributed by atoms with Crippen molar-refractivity contribution in [2.24, 2.45) is 0 Å². The molecule has 1 unspecified atom stereocenters. The van der Waals surface area contributed by atoms with Crippen LogP contribution in [0.15, 0.2) is 29.1 Å². The lowest BCUT2D eigenvalue weighted by Crippen LogP contribution is -2.24. The predicted molar refractivity (Wildman–Crippen MR) is 69.0 cm³/mol. The Hall–Kier alpha value is -1.16. The van der Waals surface area contributed by atoms with Gasteiger partial charge in [-0.3, -0.25) is 9.36 Å². The summed E-state index contributed by atoms with van der Waals surface area (Å²) in [6, 6.07) is 7.45. The van der Waals surface area contributed by atoms with Crippen LogP contribution in [0.5, 0.6) is 0 Å². The fourth-order valence-electron chi connectivity index (χ4n) is 1.79. The maximum absolute atomic E-state index is 12.2. The largest absolute Gasteiger partial charge is 0.295 e. The Balaban J connectivity index is 2.87. The molecule has 0 fully saturated rings. The molecule has 0 amide bonds. The van der Waals surface area contributed by atoms with Gasteiger partial charge in [0.25, 0.3) is 5.56 Å². The Morgan fingerprint density at radius 3 is 2.75 bits per heavy atom. The van der Waals surface area contributed by atoms with E-state index >= 15 is 0 Å². The van der Waals surface area contributed by atoms with E-state index in [1.54, 1.807) is 4.57 Å². The van der Waals surface area contributed by atoms with Gasteiger partial charge in [0.15, 0.2) is 0 Å². The van der Waals surface area contributed by atoms with Gasteiger partial charge < -0.3 is 0 Å². The molecule has 0 saturated carbocycles. The van der Waals surface area contributed by atoms with Crippen LogP contribution in [-0.2, 0) is 6.54 Å². The molecule has 84 valence electrons. The lowest BCUT2D eigenvalue weighted by Gasteiger charge is -2.12. The van der Waals surface area contributed by atoms with E-state index in [0.717, 1.165) is 11.3 Å². The van der Waals surface area contributed by atoms with Crippen LogP contribution < -0.4 is 5.56 Å². The molecular weight excluding hydrogens is 268 g/mol. The van der Waals surface area contributed by atoms with Crippen molar-refractivity contribution in [3.8, 4) is 0 Å². The molecule has 0 N–H and O–H groups in total. The molecule has 2 rings (SSSR count). The van der Waals surface area contributed by atoms with Crippen molar-refractivity contribution in [1.82, 2.24) is 9.55 Å². The third-order valence-electron chi connectivity index (χ3n) is 2.56. The van der Waals surface area contributed by atoms with Crippen molar-refractivity contribution in [1.29, 1.82) is 0 Å². The van der Waals surface area contributed by atoms with Gasteiger partial charge in [0.05, 0.1) is 15.7 Å². The van der Waals surface area contributed by atoms with Gasteiger partial charge in [0.1, 0.15) is 5.82 Å². The maximum Gasteiger partial charge on any atom is 0.261 e. The standard InChI is InChI=1S/C12H13BrN2O/c1-3-15-11(8(2)13)14-10-7-5-4-6-9(10)12(15)16/h4-8H,3H2,1-2H3. The monoisotopic (exact) mass is 280 g/mol. The second-order valence-corrected chi connectivity index (χ2v) is 5.03. The first-order valence-corrected chi connectivity index (χ1v) is 6.20. The first kappa shape index (κ1) is 11.3. The zero-order chi connectivity index (χ0) is 11.7. The number of halogens is 1. The summed E-state index contributed by atoms with van der Waals surface area (Å²) in [6.45, 7) is 4.57. The highest BCUT2D eigenvalue weighted by atomic mass is 79.9. The highest BCUT2D eigenvalue weighted by molar-refractivity contribution is 9.09. The predicted octanol–water partition coefficient (Wildman–Crippen LogP) is 2.87. The Labute approximate surface area is 102 Å². The first-order valence-electron chi connectivity index (χ1n) is 5.28. The molecule has 1 aromatic heterocycles. The summed E-state index contributed by atoms with van der Waals surface area (Å²) in [7, 11) is 0. The summed E-state index contributed by atoms with van der Waals surface area (Å²) in [4.78, 5) is 16.8. The van der Waals surface area contributed by atoms with E-state index in [2.05, 4.69) is 20.9 Å². The van der Waals surface area contributed by atoms with Crippen LogP contribution in [0.4, 0.5) is 0 Å². The van der Waals surface area contributed by atoms with E-state index in [-0.39, 0.29) is 10.4 Å². The van der Waals surface area contributed by atoms with E-state index in [4.69, 9.17) is 0 Å². The van der Waals surface area contributed by atoms with Crippen molar-refractivity contribution >= 4 is 26.8 Å². The number of para-hydroxylation sites is 1. The van der Waals surface area contributed by atoms with Gasteiger partial charge in [-0.1, -0.05) is 28.1 Å². The second kappa shape index (κ2) is 4.37. The zero-order valence-corrected chi connectivity index (χ0v) is 10.9. The third kappa shape index (κ3) is 1.78. The van der Waals surface area contributed by atoms with Crippen LogP contribution in [0.1, 0.15) is 24.5 Å². The Morgan fingerprint density at radius 2 is 2.12 bits per heavy atom. The molecule has 1 heterocycles. The summed E-state index contributed by atoms with van der Waals surface area (Å²) >= 11 is 3.47. The molecule has 2 aromatic rings. The average molecular weight is 281 g/mol. The van der Waals surface area contributed by atoms with Gasteiger partial charge in [0.2, 0.25) is 0 Å². The van der Waals surface area contributed by atoms with Gasteiger partial charge in [-0.2, -0.15) is 0 Å². The van der Waals surface area contributed by atoms with Crippen molar-refractivity contribution in [3.05, 3.63) is 40.4 Å². The molecule has 0 saturated heterocycles. The minimum absolute atomic E-state index is 0.0365. The van der Waals surface area contributed by atoms with Crippen LogP contribution in [0, 0.1) is 0 Å². The molecule has 0 aliphatic rings. The topological polar surface area (TPSA) is 34.9 Å². The number of fused-ring (bicyclic) bond motifs is 1. The normalized spacial score (nSPS) is 12.9. The lowest BCUT2D eigenvalue weighted by molar-refractivity contribution is 0.661. The maximum atomic E-state index is 12.2. The quantitative estimate of drug-likeness (QED) is 0.793. The van der Waals surface area contributed by atoms with Crippen LogP contribution in [0.25, 0.3) is 10.9 Å². The van der Waals surface area contributed by atoms with Gasteiger partial charge in [0, 0.05) is 6.54 Å². The lowest BCUT2D eigenvalue weighted by atomic mass is 10.2. The Kier molecular flexibility index (Phi) is 3.10. The number of hydrogen-bond donors (Lipinski definition) is 0. The average Bonchev–Trinajstić information content (AvgIpc) is 2.29. The highest BCUT2D eigenvalue weighted by Crippen LogP contribution is 2.20. The van der Waals surface area contributed by atoms with Crippen molar-refractivity contribution in [2.45, 2.75) is 25.2 Å². The molecule has 0 radical (unpaired) electrons. The molecule has 0 spiro atoms. The molecule has 0 bridgehead atoms. The van der Waals surface area contributed by atoms with Gasteiger partial charge >= 0.3 is 0 Å². The molecule has 0 aliphatic heterocycles. The number of hydrogen-bond acceptors (Lipinski definition) is 2. The van der Waals surface area contributed by atoms with E-state index in [0.29, 0.717) is 11.9 Å². The zero-order valence-electron chi connectivity index (χ0n) is 9.27. The molecule has 0 aliphatic carbocycles. The van der Waals surface area contributed by atoms with Crippen LogP contribution in [-0.4, -0.2) is 9.55 Å². The van der Waals surface area contributed by atoms with Gasteiger partial charge in [-0.15, -0.1) is 0 Å². The van der Waals surface area contributed by atoms with E-state index in [1.807, 2.05) is 38.1 Å². The van der Waals surface area contributed by atoms with Gasteiger partial charge in [-0.25, -0.2) is 4.98 Å². The third-order valence-corrected chi connectivity index (χ3v) is 2.97. The molecular formula is C12H13BrN2O. The minimum atomic E-state index is 0.0365. The fourth-order valence-corrected chi connectivity index (χ4v) is 2.14. The summed E-state index contributed by atoms with van der Waals surface area (Å²) in [5.74, 6) is 0.784. The van der Waals surface area contributed by atoms with Crippen LogP contribution in [0.2, 0.25) is 0 Å². The van der Waals surface area contributed by atoms with Crippen molar-refractivity contribution < 1.29 is 0 Å². The Morgan fingerprint density at radius 1 is 1.44 bits per heavy atom. The number of rotatable bonds is 2. The fraction of sp³-hybridized carbons (Fsp3) is 0.333. The van der Waals surface area contributed by atoms with Crippen LogP contribution >= 0.6 is 15.9 Å². The number of nitrogens with zero attached hydrogens (tertiary/aromatic N) is 2. The molecule has 16 heavy (non-hydrogen) atoms. The van der Waals surface area contributed by atoms with E-state index in [9.17, 15) is 4.79 Å². The molecule has 1 atom stereocenters. The highest BCUT2D eigenvalue weighted by Gasteiger charge is 2.12. The Bertz CT molecular complexity index is 575. The second-order valence-electron chi connectivity index (χ2n) is 3.65. The summed E-state index contributed by atoms with van der Waals surface area (Å²) < 4.78 is 1.71. The van der Waals surface area contributed by atoms with E-state index in [1.165, 1.54) is 0 Å². The first-order chi connectivity index (χ1) is 7.65.